The fourth-order valence-electron chi connectivity index (χ4n) is 2.26. The maximum atomic E-state index is 5.70. The predicted octanol–water partition coefficient (Wildman–Crippen LogP) is 2.26. The Morgan fingerprint density at radius 2 is 2.00 bits per heavy atom. The first kappa shape index (κ1) is 12.2. The van der Waals surface area contributed by atoms with Gasteiger partial charge in [0.25, 0.3) is 0 Å². The van der Waals surface area contributed by atoms with Gasteiger partial charge in [0.2, 0.25) is 0 Å². The highest BCUT2D eigenvalue weighted by Gasteiger charge is 2.18. The maximum Gasteiger partial charge on any atom is 0.142 e. The van der Waals surface area contributed by atoms with Crippen LogP contribution in [0.1, 0.15) is 19.8 Å². The molecular weight excluding hydrogens is 212 g/mol. The van der Waals surface area contributed by atoms with Crippen LogP contribution in [0.25, 0.3) is 0 Å². The predicted molar refractivity (Wildman–Crippen MR) is 71.6 cm³/mol. The average molecular weight is 234 g/mol. The summed E-state index contributed by atoms with van der Waals surface area (Å²) in [6.45, 7) is 5.73. The molecule has 1 aromatic carbocycles. The van der Waals surface area contributed by atoms with Crippen LogP contribution < -0.4 is 15.4 Å². The van der Waals surface area contributed by atoms with Gasteiger partial charge in [-0.1, -0.05) is 19.1 Å². The van der Waals surface area contributed by atoms with Crippen LogP contribution in [0.4, 0.5) is 5.69 Å². The highest BCUT2D eigenvalue weighted by atomic mass is 16.5. The van der Waals surface area contributed by atoms with Crippen molar-refractivity contribution < 1.29 is 4.74 Å². The smallest absolute Gasteiger partial charge is 0.142 e. The Balaban J connectivity index is 2.08. The van der Waals surface area contributed by atoms with Gasteiger partial charge in [-0.15, -0.1) is 0 Å². The minimum Gasteiger partial charge on any atom is -0.490 e. The normalized spacial score (nSPS) is 17.2. The van der Waals surface area contributed by atoms with E-state index in [1.54, 1.807) is 0 Å². The molecule has 0 unspecified atom stereocenters. The Morgan fingerprint density at radius 3 is 2.71 bits per heavy atom. The Labute approximate surface area is 104 Å². The molecule has 3 heteroatoms. The van der Waals surface area contributed by atoms with Crippen molar-refractivity contribution in [2.75, 3.05) is 31.1 Å². The van der Waals surface area contributed by atoms with Crippen LogP contribution >= 0.6 is 0 Å². The summed E-state index contributed by atoms with van der Waals surface area (Å²) >= 11 is 0. The highest BCUT2D eigenvalue weighted by Crippen LogP contribution is 2.31. The van der Waals surface area contributed by atoms with Crippen LogP contribution in [-0.4, -0.2) is 26.2 Å². The van der Waals surface area contributed by atoms with Gasteiger partial charge >= 0.3 is 0 Å². The molecule has 2 rings (SSSR count). The van der Waals surface area contributed by atoms with E-state index in [0.717, 1.165) is 24.8 Å². The molecule has 1 heterocycles. The molecule has 1 aliphatic heterocycles. The first-order valence-electron chi connectivity index (χ1n) is 6.48. The lowest BCUT2D eigenvalue weighted by Crippen LogP contribution is -2.33. The fourth-order valence-corrected chi connectivity index (χ4v) is 2.26. The maximum absolute atomic E-state index is 5.70. The zero-order valence-electron chi connectivity index (χ0n) is 10.6. The van der Waals surface area contributed by atoms with Gasteiger partial charge in [0.05, 0.1) is 5.69 Å². The molecule has 1 fully saturated rings. The van der Waals surface area contributed by atoms with Crippen molar-refractivity contribution in [1.29, 1.82) is 0 Å². The molecule has 0 spiro atoms. The molecule has 0 atom stereocenters. The molecule has 0 bridgehead atoms. The molecule has 0 radical (unpaired) electrons. The lowest BCUT2D eigenvalue weighted by Gasteiger charge is -2.33. The van der Waals surface area contributed by atoms with Gasteiger partial charge in [-0.05, 0) is 30.9 Å². The summed E-state index contributed by atoms with van der Waals surface area (Å²) in [5.74, 6) is 1.82. The van der Waals surface area contributed by atoms with Crippen LogP contribution in [-0.2, 0) is 0 Å². The van der Waals surface area contributed by atoms with Gasteiger partial charge in [-0.25, -0.2) is 0 Å². The molecule has 1 aromatic rings. The van der Waals surface area contributed by atoms with Crippen molar-refractivity contribution in [3.8, 4) is 5.75 Å². The molecule has 0 saturated carbocycles. The molecule has 0 amide bonds. The van der Waals surface area contributed by atoms with Crippen molar-refractivity contribution in [2.24, 2.45) is 11.7 Å². The van der Waals surface area contributed by atoms with Crippen molar-refractivity contribution in [1.82, 2.24) is 0 Å². The third kappa shape index (κ3) is 3.13. The van der Waals surface area contributed by atoms with Gasteiger partial charge in [0.1, 0.15) is 12.4 Å². The third-order valence-corrected chi connectivity index (χ3v) is 3.36. The Bertz CT molecular complexity index is 346. The molecular formula is C14H22N2O. The van der Waals surface area contributed by atoms with Crippen LogP contribution in [0.3, 0.4) is 0 Å². The van der Waals surface area contributed by atoms with Crippen LogP contribution in [0.5, 0.6) is 5.75 Å². The number of nitrogens with two attached hydrogens (primary N) is 1. The second kappa shape index (κ2) is 5.92. The summed E-state index contributed by atoms with van der Waals surface area (Å²) in [6, 6.07) is 8.26. The quantitative estimate of drug-likeness (QED) is 0.868. The first-order chi connectivity index (χ1) is 8.31. The van der Waals surface area contributed by atoms with E-state index in [4.69, 9.17) is 10.5 Å². The first-order valence-corrected chi connectivity index (χ1v) is 6.48. The van der Waals surface area contributed by atoms with E-state index in [0.29, 0.717) is 13.2 Å². The van der Waals surface area contributed by atoms with Crippen molar-refractivity contribution in [3.05, 3.63) is 24.3 Å². The molecule has 2 N–H and O–H groups in total. The SMILES string of the molecule is CC1CCN(c2ccccc2OCCN)CC1. The Kier molecular flexibility index (Phi) is 4.26. The third-order valence-electron chi connectivity index (χ3n) is 3.36. The molecule has 17 heavy (non-hydrogen) atoms. The summed E-state index contributed by atoms with van der Waals surface area (Å²) < 4.78 is 5.70. The summed E-state index contributed by atoms with van der Waals surface area (Å²) in [4.78, 5) is 2.42. The van der Waals surface area contributed by atoms with Crippen molar-refractivity contribution in [2.45, 2.75) is 19.8 Å². The average Bonchev–Trinajstić information content (AvgIpc) is 2.38. The second-order valence-corrected chi connectivity index (χ2v) is 4.77. The summed E-state index contributed by atoms with van der Waals surface area (Å²) in [6.07, 6.45) is 2.54. The van der Waals surface area contributed by atoms with Crippen LogP contribution in [0.2, 0.25) is 0 Å². The van der Waals surface area contributed by atoms with Gasteiger partial charge in [0.15, 0.2) is 0 Å². The van der Waals surface area contributed by atoms with E-state index < -0.39 is 0 Å². The van der Waals surface area contributed by atoms with Crippen LogP contribution in [0.15, 0.2) is 24.3 Å². The zero-order chi connectivity index (χ0) is 12.1. The molecule has 0 aromatic heterocycles. The Morgan fingerprint density at radius 1 is 1.29 bits per heavy atom. The van der Waals surface area contributed by atoms with Gasteiger partial charge < -0.3 is 15.4 Å². The summed E-state index contributed by atoms with van der Waals surface area (Å²) in [5, 5.41) is 0. The van der Waals surface area contributed by atoms with Crippen LogP contribution in [0, 0.1) is 5.92 Å². The number of para-hydroxylation sites is 2. The molecule has 94 valence electrons. The lowest BCUT2D eigenvalue weighted by molar-refractivity contribution is 0.327. The summed E-state index contributed by atoms with van der Waals surface area (Å²) in [5.41, 5.74) is 6.70. The summed E-state index contributed by atoms with van der Waals surface area (Å²) in [7, 11) is 0. The molecule has 0 aliphatic carbocycles. The topological polar surface area (TPSA) is 38.5 Å². The number of rotatable bonds is 4. The van der Waals surface area contributed by atoms with E-state index in [1.165, 1.54) is 18.5 Å². The fraction of sp³-hybridized carbons (Fsp3) is 0.571. The highest BCUT2D eigenvalue weighted by molar-refractivity contribution is 5.58. The lowest BCUT2D eigenvalue weighted by atomic mass is 9.99. The van der Waals surface area contributed by atoms with Gasteiger partial charge in [-0.2, -0.15) is 0 Å². The van der Waals surface area contributed by atoms with E-state index in [1.807, 2.05) is 12.1 Å². The minimum atomic E-state index is 0.561. The van der Waals surface area contributed by atoms with Crippen molar-refractivity contribution in [3.63, 3.8) is 0 Å². The van der Waals surface area contributed by atoms with E-state index in [9.17, 15) is 0 Å². The standard InChI is InChI=1S/C14H22N2O/c1-12-6-9-16(10-7-12)13-4-2-3-5-14(13)17-11-8-15/h2-5,12H,6-11,15H2,1H3. The van der Waals surface area contributed by atoms with E-state index >= 15 is 0 Å². The van der Waals surface area contributed by atoms with Gasteiger partial charge in [0, 0.05) is 19.6 Å². The molecule has 1 aliphatic rings. The number of benzene rings is 1. The number of hydrogen-bond acceptors (Lipinski definition) is 3. The van der Waals surface area contributed by atoms with Gasteiger partial charge in [-0.3, -0.25) is 0 Å². The van der Waals surface area contributed by atoms with E-state index in [2.05, 4.69) is 24.0 Å². The number of anilines is 1. The minimum absolute atomic E-state index is 0.561. The Hall–Kier alpha value is -1.22. The van der Waals surface area contributed by atoms with E-state index in [-0.39, 0.29) is 0 Å². The second-order valence-electron chi connectivity index (χ2n) is 4.77. The number of ether oxygens (including phenoxy) is 1. The zero-order valence-corrected chi connectivity index (χ0v) is 10.6. The number of hydrogen-bond donors (Lipinski definition) is 1. The largest absolute Gasteiger partial charge is 0.490 e. The number of piperidine rings is 1. The molecule has 1 saturated heterocycles. The van der Waals surface area contributed by atoms with Crippen molar-refractivity contribution >= 4 is 5.69 Å². The monoisotopic (exact) mass is 234 g/mol. The molecule has 3 nitrogen and oxygen atoms in total. The number of nitrogens with zero attached hydrogens (tertiary/aromatic N) is 1.